The summed E-state index contributed by atoms with van der Waals surface area (Å²) in [6.07, 6.45) is -0.651. The number of carboxylic acid groups (broad SMARTS) is 1. The fourth-order valence-corrected chi connectivity index (χ4v) is 2.45. The summed E-state index contributed by atoms with van der Waals surface area (Å²) in [5, 5.41) is 8.87. The van der Waals surface area contributed by atoms with E-state index >= 15 is 0 Å². The summed E-state index contributed by atoms with van der Waals surface area (Å²) in [5.74, 6) is -1.27. The number of hydrogen-bond acceptors (Lipinski definition) is 4. The number of rotatable bonds is 6. The molecule has 1 atom stereocenters. The normalized spacial score (nSPS) is 13.2. The van der Waals surface area contributed by atoms with Crippen molar-refractivity contribution in [2.75, 3.05) is 0 Å². The van der Waals surface area contributed by atoms with E-state index in [1.165, 1.54) is 12.1 Å². The Morgan fingerprint density at radius 1 is 1.33 bits per heavy atom. The smallest absolute Gasteiger partial charge is 0.334 e. The van der Waals surface area contributed by atoms with Crippen LogP contribution in [0.3, 0.4) is 0 Å². The maximum Gasteiger partial charge on any atom is 0.334 e. The maximum atomic E-state index is 11.8. The lowest BCUT2D eigenvalue weighted by molar-refractivity contribution is -0.145. The van der Waals surface area contributed by atoms with Gasteiger partial charge in [-0.15, -0.1) is 0 Å². The van der Waals surface area contributed by atoms with Crippen LogP contribution in [0.25, 0.3) is 0 Å². The molecule has 0 aliphatic carbocycles. The molecule has 1 N–H and O–H groups in total. The highest BCUT2D eigenvalue weighted by Crippen LogP contribution is 2.17. The Morgan fingerprint density at radius 2 is 1.89 bits per heavy atom. The van der Waals surface area contributed by atoms with Crippen LogP contribution in [0.2, 0.25) is 0 Å². The van der Waals surface area contributed by atoms with E-state index in [0.717, 1.165) is 5.56 Å². The van der Waals surface area contributed by atoms with Crippen molar-refractivity contribution in [1.82, 2.24) is 0 Å². The molecule has 0 radical (unpaired) electrons. The van der Waals surface area contributed by atoms with Crippen LogP contribution >= 0.6 is 0 Å². The topological polar surface area (TPSA) is 80.7 Å². The van der Waals surface area contributed by atoms with E-state index in [-0.39, 0.29) is 11.3 Å². The van der Waals surface area contributed by atoms with Crippen LogP contribution in [0.4, 0.5) is 0 Å². The van der Waals surface area contributed by atoms with Gasteiger partial charge in [0.25, 0.3) is 10.1 Å². The van der Waals surface area contributed by atoms with Crippen LogP contribution in [0.15, 0.2) is 29.2 Å². The Balaban J connectivity index is 2.93. The molecule has 0 heterocycles. The zero-order valence-corrected chi connectivity index (χ0v) is 11.1. The minimum Gasteiger partial charge on any atom is -0.479 e. The van der Waals surface area contributed by atoms with E-state index in [4.69, 9.17) is 9.29 Å². The van der Waals surface area contributed by atoms with E-state index in [2.05, 4.69) is 0 Å². The molecule has 0 fully saturated rings. The second-order valence-electron chi connectivity index (χ2n) is 3.98. The molecule has 0 spiro atoms. The molecule has 0 saturated carbocycles. The minimum atomic E-state index is -4.02. The molecule has 100 valence electrons. The fraction of sp³-hybridized carbons (Fsp3) is 0.417. The number of aryl methyl sites for hydroxylation is 1. The molecule has 5 nitrogen and oxygen atoms in total. The molecule has 0 aromatic heterocycles. The third-order valence-electron chi connectivity index (χ3n) is 2.38. The van der Waals surface area contributed by atoms with Crippen LogP contribution in [-0.4, -0.2) is 25.6 Å². The van der Waals surface area contributed by atoms with Gasteiger partial charge in [0.15, 0.2) is 6.10 Å². The number of benzene rings is 1. The molecule has 0 aliphatic rings. The van der Waals surface area contributed by atoms with Gasteiger partial charge < -0.3 is 5.11 Å². The van der Waals surface area contributed by atoms with Crippen LogP contribution in [0, 0.1) is 6.92 Å². The molecule has 1 aromatic carbocycles. The van der Waals surface area contributed by atoms with E-state index < -0.39 is 22.2 Å². The van der Waals surface area contributed by atoms with Gasteiger partial charge in [0.1, 0.15) is 0 Å². The second kappa shape index (κ2) is 5.97. The highest BCUT2D eigenvalue weighted by atomic mass is 32.2. The lowest BCUT2D eigenvalue weighted by Crippen LogP contribution is -2.27. The molecule has 0 saturated heterocycles. The maximum absolute atomic E-state index is 11.8. The highest BCUT2D eigenvalue weighted by Gasteiger charge is 2.26. The summed E-state index contributed by atoms with van der Waals surface area (Å²) < 4.78 is 28.4. The number of aliphatic carboxylic acids is 1. The predicted octanol–water partition coefficient (Wildman–Crippen LogP) is 1.95. The standard InChI is InChI=1S/C12H16O5S/c1-3-4-11(12(13)14)17-18(15,16)10-7-5-9(2)6-8-10/h5-8,11H,3-4H2,1-2H3,(H,13,14)/t11-/m1/s1. The van der Waals surface area contributed by atoms with Crippen molar-refractivity contribution in [2.45, 2.75) is 37.7 Å². The summed E-state index contributed by atoms with van der Waals surface area (Å²) in [5.41, 5.74) is 0.914. The lowest BCUT2D eigenvalue weighted by Gasteiger charge is -2.12. The monoisotopic (exact) mass is 272 g/mol. The Kier molecular flexibility index (Phi) is 4.86. The minimum absolute atomic E-state index is 0.0320. The van der Waals surface area contributed by atoms with Crippen LogP contribution in [-0.2, 0) is 19.1 Å². The molecule has 0 amide bonds. The zero-order valence-electron chi connectivity index (χ0n) is 10.3. The van der Waals surface area contributed by atoms with Crippen LogP contribution in [0.5, 0.6) is 0 Å². The Labute approximate surface area is 107 Å². The predicted molar refractivity (Wildman–Crippen MR) is 65.8 cm³/mol. The van der Waals surface area contributed by atoms with Crippen molar-refractivity contribution < 1.29 is 22.5 Å². The summed E-state index contributed by atoms with van der Waals surface area (Å²) in [4.78, 5) is 10.8. The van der Waals surface area contributed by atoms with Gasteiger partial charge in [-0.25, -0.2) is 4.79 Å². The summed E-state index contributed by atoms with van der Waals surface area (Å²) in [7, 11) is -4.02. The first-order valence-electron chi connectivity index (χ1n) is 5.59. The summed E-state index contributed by atoms with van der Waals surface area (Å²) >= 11 is 0. The second-order valence-corrected chi connectivity index (χ2v) is 5.55. The quantitative estimate of drug-likeness (QED) is 0.800. The molecule has 0 bridgehead atoms. The molecule has 1 aromatic rings. The Morgan fingerprint density at radius 3 is 2.33 bits per heavy atom. The van der Waals surface area contributed by atoms with Crippen molar-refractivity contribution in [1.29, 1.82) is 0 Å². The average molecular weight is 272 g/mol. The fourth-order valence-electron chi connectivity index (χ4n) is 1.39. The molecule has 0 aliphatic heterocycles. The highest BCUT2D eigenvalue weighted by molar-refractivity contribution is 7.86. The lowest BCUT2D eigenvalue weighted by atomic mass is 10.2. The molecule has 6 heteroatoms. The van der Waals surface area contributed by atoms with E-state index in [1.807, 2.05) is 6.92 Å². The number of hydrogen-bond donors (Lipinski definition) is 1. The van der Waals surface area contributed by atoms with Gasteiger partial charge in [0, 0.05) is 0 Å². The molecule has 0 unspecified atom stereocenters. The van der Waals surface area contributed by atoms with E-state index in [0.29, 0.717) is 6.42 Å². The Hall–Kier alpha value is -1.40. The first kappa shape index (κ1) is 14.7. The van der Waals surface area contributed by atoms with Gasteiger partial charge in [-0.2, -0.15) is 8.42 Å². The summed E-state index contributed by atoms with van der Waals surface area (Å²) in [6.45, 7) is 3.59. The van der Waals surface area contributed by atoms with Gasteiger partial charge >= 0.3 is 5.97 Å². The number of carboxylic acids is 1. The van der Waals surface area contributed by atoms with Crippen molar-refractivity contribution in [3.8, 4) is 0 Å². The molecule has 1 rings (SSSR count). The van der Waals surface area contributed by atoms with Crippen molar-refractivity contribution >= 4 is 16.1 Å². The largest absolute Gasteiger partial charge is 0.479 e. The van der Waals surface area contributed by atoms with Crippen molar-refractivity contribution in [2.24, 2.45) is 0 Å². The van der Waals surface area contributed by atoms with Gasteiger partial charge in [-0.1, -0.05) is 31.0 Å². The number of carbonyl (C=O) groups is 1. The average Bonchev–Trinajstić information content (AvgIpc) is 2.28. The van der Waals surface area contributed by atoms with Gasteiger partial charge in [-0.3, -0.25) is 4.18 Å². The van der Waals surface area contributed by atoms with Crippen molar-refractivity contribution in [3.05, 3.63) is 29.8 Å². The van der Waals surface area contributed by atoms with Crippen LogP contribution < -0.4 is 0 Å². The van der Waals surface area contributed by atoms with Crippen LogP contribution in [0.1, 0.15) is 25.3 Å². The first-order chi connectivity index (χ1) is 8.36. The Bertz CT molecular complexity index is 504. The SMILES string of the molecule is CCC[C@@H](OS(=O)(=O)c1ccc(C)cc1)C(=O)O. The first-order valence-corrected chi connectivity index (χ1v) is 7.00. The van der Waals surface area contributed by atoms with Gasteiger partial charge in [0.05, 0.1) is 4.90 Å². The van der Waals surface area contributed by atoms with E-state index in [9.17, 15) is 13.2 Å². The van der Waals surface area contributed by atoms with E-state index in [1.54, 1.807) is 19.1 Å². The third-order valence-corrected chi connectivity index (χ3v) is 3.71. The van der Waals surface area contributed by atoms with Crippen molar-refractivity contribution in [3.63, 3.8) is 0 Å². The molecular formula is C12H16O5S. The van der Waals surface area contributed by atoms with Gasteiger partial charge in [0.2, 0.25) is 0 Å². The summed E-state index contributed by atoms with van der Waals surface area (Å²) in [6, 6.07) is 6.06. The third kappa shape index (κ3) is 3.82. The zero-order chi connectivity index (χ0) is 13.8. The molecular weight excluding hydrogens is 256 g/mol. The van der Waals surface area contributed by atoms with Gasteiger partial charge in [-0.05, 0) is 25.5 Å². The molecule has 18 heavy (non-hydrogen) atoms.